The zero-order valence-electron chi connectivity index (χ0n) is 14.9. The summed E-state index contributed by atoms with van der Waals surface area (Å²) in [5, 5.41) is 3.78. The predicted octanol–water partition coefficient (Wildman–Crippen LogP) is 2.82. The van der Waals surface area contributed by atoms with Crippen LogP contribution in [0.2, 0.25) is 0 Å². The zero-order chi connectivity index (χ0) is 15.4. The fourth-order valence-corrected chi connectivity index (χ4v) is 4.40. The number of nitrogens with one attached hydrogen (secondary N) is 1. The van der Waals surface area contributed by atoms with Crippen molar-refractivity contribution in [2.45, 2.75) is 71.5 Å². The third kappa shape index (κ3) is 4.20. The predicted molar refractivity (Wildman–Crippen MR) is 91.7 cm³/mol. The highest BCUT2D eigenvalue weighted by molar-refractivity contribution is 4.94. The molecule has 2 fully saturated rings. The lowest BCUT2D eigenvalue weighted by atomic mass is 9.76. The van der Waals surface area contributed by atoms with Crippen molar-refractivity contribution >= 4 is 0 Å². The molecule has 0 spiro atoms. The molecule has 0 aromatic carbocycles. The van der Waals surface area contributed by atoms with Crippen LogP contribution in [-0.4, -0.2) is 61.2 Å². The van der Waals surface area contributed by atoms with Gasteiger partial charge < -0.3 is 10.2 Å². The van der Waals surface area contributed by atoms with E-state index in [0.29, 0.717) is 6.04 Å². The molecule has 1 heterocycles. The molecule has 1 saturated heterocycles. The van der Waals surface area contributed by atoms with Gasteiger partial charge in [0.2, 0.25) is 0 Å². The van der Waals surface area contributed by atoms with Crippen molar-refractivity contribution in [1.29, 1.82) is 0 Å². The van der Waals surface area contributed by atoms with Gasteiger partial charge in [-0.3, -0.25) is 4.90 Å². The average Bonchev–Trinajstić information content (AvgIpc) is 2.48. The fraction of sp³-hybridized carbons (Fsp3) is 1.00. The molecule has 0 amide bonds. The van der Waals surface area contributed by atoms with Crippen LogP contribution in [0.3, 0.4) is 0 Å². The first-order valence-electron chi connectivity index (χ1n) is 9.24. The second-order valence-corrected chi connectivity index (χ2v) is 7.59. The Labute approximate surface area is 132 Å². The highest BCUT2D eigenvalue weighted by atomic mass is 15.3. The van der Waals surface area contributed by atoms with E-state index in [1.165, 1.54) is 45.3 Å². The van der Waals surface area contributed by atoms with Crippen molar-refractivity contribution in [3.05, 3.63) is 0 Å². The molecule has 3 nitrogen and oxygen atoms in total. The second kappa shape index (κ2) is 7.94. The van der Waals surface area contributed by atoms with E-state index in [0.717, 1.165) is 30.5 Å². The van der Waals surface area contributed by atoms with E-state index in [9.17, 15) is 0 Å². The largest absolute Gasteiger partial charge is 0.313 e. The van der Waals surface area contributed by atoms with Crippen LogP contribution >= 0.6 is 0 Å². The van der Waals surface area contributed by atoms with Crippen LogP contribution in [0.5, 0.6) is 0 Å². The maximum absolute atomic E-state index is 3.78. The van der Waals surface area contributed by atoms with E-state index in [1.54, 1.807) is 0 Å². The fourth-order valence-electron chi connectivity index (χ4n) is 4.40. The monoisotopic (exact) mass is 295 g/mol. The molecule has 1 aliphatic carbocycles. The Morgan fingerprint density at radius 1 is 1.14 bits per heavy atom. The van der Waals surface area contributed by atoms with Gasteiger partial charge in [0.05, 0.1) is 0 Å². The summed E-state index contributed by atoms with van der Waals surface area (Å²) in [4.78, 5) is 5.37. The Hall–Kier alpha value is -0.120. The van der Waals surface area contributed by atoms with Gasteiger partial charge in [0.1, 0.15) is 0 Å². The molecular weight excluding hydrogens is 258 g/mol. The quantitative estimate of drug-likeness (QED) is 0.841. The number of likely N-dealkylation sites (N-methyl/N-ethyl adjacent to an activating group) is 2. The molecule has 2 rings (SSSR count). The maximum Gasteiger partial charge on any atom is 0.0253 e. The van der Waals surface area contributed by atoms with Gasteiger partial charge in [-0.1, -0.05) is 27.7 Å². The van der Waals surface area contributed by atoms with E-state index in [1.807, 2.05) is 0 Å². The van der Waals surface area contributed by atoms with Gasteiger partial charge in [-0.05, 0) is 51.1 Å². The van der Waals surface area contributed by atoms with Gasteiger partial charge in [0.15, 0.2) is 0 Å². The van der Waals surface area contributed by atoms with Crippen molar-refractivity contribution in [3.8, 4) is 0 Å². The third-order valence-electron chi connectivity index (χ3n) is 6.02. The molecule has 1 saturated carbocycles. The number of rotatable bonds is 5. The van der Waals surface area contributed by atoms with Crippen molar-refractivity contribution in [3.63, 3.8) is 0 Å². The number of hydrogen-bond donors (Lipinski definition) is 1. The van der Waals surface area contributed by atoms with Gasteiger partial charge in [0.25, 0.3) is 0 Å². The summed E-state index contributed by atoms with van der Waals surface area (Å²) in [6.07, 6.45) is 5.45. The molecule has 21 heavy (non-hydrogen) atoms. The Balaban J connectivity index is 2.04. The molecule has 124 valence electrons. The molecule has 4 unspecified atom stereocenters. The first-order valence-corrected chi connectivity index (χ1v) is 9.24. The van der Waals surface area contributed by atoms with Gasteiger partial charge in [-0.25, -0.2) is 0 Å². The summed E-state index contributed by atoms with van der Waals surface area (Å²) in [5.74, 6) is 1.76. The molecule has 0 radical (unpaired) electrons. The average molecular weight is 296 g/mol. The zero-order valence-corrected chi connectivity index (χ0v) is 14.9. The molecule has 2 aliphatic rings. The van der Waals surface area contributed by atoms with Gasteiger partial charge in [0, 0.05) is 37.8 Å². The van der Waals surface area contributed by atoms with E-state index in [2.05, 4.69) is 49.9 Å². The molecule has 0 aromatic rings. The van der Waals surface area contributed by atoms with E-state index in [-0.39, 0.29) is 0 Å². The maximum atomic E-state index is 3.78. The van der Waals surface area contributed by atoms with Crippen LogP contribution in [-0.2, 0) is 0 Å². The lowest BCUT2D eigenvalue weighted by Crippen LogP contribution is -2.60. The standard InChI is InChI=1S/C18H37N3/c1-6-16-13-21(11-10-20(16)5)18-12-15(14(3)4)8-9-17(18)19-7-2/h14-19H,6-13H2,1-5H3. The first-order chi connectivity index (χ1) is 10.1. The van der Waals surface area contributed by atoms with Crippen molar-refractivity contribution in [2.75, 3.05) is 33.2 Å². The van der Waals surface area contributed by atoms with Crippen LogP contribution in [0.25, 0.3) is 0 Å². The van der Waals surface area contributed by atoms with Crippen LogP contribution in [0, 0.1) is 11.8 Å². The Morgan fingerprint density at radius 3 is 2.52 bits per heavy atom. The van der Waals surface area contributed by atoms with Gasteiger partial charge >= 0.3 is 0 Å². The van der Waals surface area contributed by atoms with Crippen molar-refractivity contribution < 1.29 is 0 Å². The van der Waals surface area contributed by atoms with Gasteiger partial charge in [-0.15, -0.1) is 0 Å². The molecule has 4 atom stereocenters. The first kappa shape index (κ1) is 17.2. The number of hydrogen-bond acceptors (Lipinski definition) is 3. The van der Waals surface area contributed by atoms with E-state index >= 15 is 0 Å². The van der Waals surface area contributed by atoms with Crippen LogP contribution in [0.15, 0.2) is 0 Å². The lowest BCUT2D eigenvalue weighted by Gasteiger charge is -2.49. The minimum absolute atomic E-state index is 0.714. The molecule has 0 aromatic heterocycles. The molecule has 1 aliphatic heterocycles. The summed E-state index contributed by atoms with van der Waals surface area (Å²) in [5.41, 5.74) is 0. The van der Waals surface area contributed by atoms with Gasteiger partial charge in [-0.2, -0.15) is 0 Å². The second-order valence-electron chi connectivity index (χ2n) is 7.59. The number of piperazine rings is 1. The van der Waals surface area contributed by atoms with Crippen molar-refractivity contribution in [2.24, 2.45) is 11.8 Å². The smallest absolute Gasteiger partial charge is 0.0253 e. The Morgan fingerprint density at radius 2 is 1.90 bits per heavy atom. The Kier molecular flexibility index (Phi) is 6.51. The summed E-state index contributed by atoms with van der Waals surface area (Å²) >= 11 is 0. The summed E-state index contributed by atoms with van der Waals surface area (Å²) in [7, 11) is 2.30. The summed E-state index contributed by atoms with van der Waals surface area (Å²) in [6.45, 7) is 14.3. The highest BCUT2D eigenvalue weighted by Crippen LogP contribution is 2.33. The third-order valence-corrected chi connectivity index (χ3v) is 6.02. The minimum Gasteiger partial charge on any atom is -0.313 e. The van der Waals surface area contributed by atoms with E-state index < -0.39 is 0 Å². The number of nitrogens with zero attached hydrogens (tertiary/aromatic N) is 2. The van der Waals surface area contributed by atoms with Crippen LogP contribution in [0.4, 0.5) is 0 Å². The molecular formula is C18H37N3. The molecule has 3 heteroatoms. The Bertz CT molecular complexity index is 305. The molecule has 0 bridgehead atoms. The topological polar surface area (TPSA) is 18.5 Å². The SMILES string of the molecule is CCNC1CCC(C(C)C)CC1N1CCN(C)C(CC)C1. The lowest BCUT2D eigenvalue weighted by molar-refractivity contribution is 0.0199. The van der Waals surface area contributed by atoms with Crippen LogP contribution < -0.4 is 5.32 Å². The molecule has 1 N–H and O–H groups in total. The van der Waals surface area contributed by atoms with Crippen LogP contribution in [0.1, 0.15) is 53.4 Å². The summed E-state index contributed by atoms with van der Waals surface area (Å²) < 4.78 is 0. The van der Waals surface area contributed by atoms with E-state index in [4.69, 9.17) is 0 Å². The highest BCUT2D eigenvalue weighted by Gasteiger charge is 2.37. The normalized spacial score (nSPS) is 36.3. The van der Waals surface area contributed by atoms with Crippen molar-refractivity contribution in [1.82, 2.24) is 15.1 Å². The minimum atomic E-state index is 0.714. The summed E-state index contributed by atoms with van der Waals surface area (Å²) in [6, 6.07) is 2.22.